The van der Waals surface area contributed by atoms with Gasteiger partial charge in [0.05, 0.1) is 12.4 Å². The number of likely N-dealkylation sites (N-methyl/N-ethyl adjacent to an activating group) is 1. The van der Waals surface area contributed by atoms with Gasteiger partial charge in [0.15, 0.2) is 5.69 Å². The Bertz CT molecular complexity index is 701. The van der Waals surface area contributed by atoms with Gasteiger partial charge < -0.3 is 4.90 Å². The second-order valence-electron chi connectivity index (χ2n) is 5.92. The second-order valence-corrected chi connectivity index (χ2v) is 5.92. The smallest absolute Gasteiger partial charge is 0.158 e. The van der Waals surface area contributed by atoms with Crippen LogP contribution in [-0.4, -0.2) is 57.2 Å². The number of likely N-dealkylation sites (tertiary alicyclic amines) is 1. The van der Waals surface area contributed by atoms with Crippen LogP contribution >= 0.6 is 0 Å². The fourth-order valence-corrected chi connectivity index (χ4v) is 2.94. The number of halogens is 1. The van der Waals surface area contributed by atoms with Gasteiger partial charge in [-0.3, -0.25) is 4.90 Å². The van der Waals surface area contributed by atoms with E-state index in [1.807, 2.05) is 18.0 Å². The van der Waals surface area contributed by atoms with E-state index in [2.05, 4.69) is 24.8 Å². The summed E-state index contributed by atoms with van der Waals surface area (Å²) in [6, 6.07) is 2.02. The van der Waals surface area contributed by atoms with E-state index >= 15 is 0 Å². The molecular formula is C16H18FN7. The summed E-state index contributed by atoms with van der Waals surface area (Å²) >= 11 is 0. The Morgan fingerprint density at radius 1 is 1.29 bits per heavy atom. The Morgan fingerprint density at radius 2 is 2.08 bits per heavy atom. The summed E-state index contributed by atoms with van der Waals surface area (Å²) in [5.74, 6) is 0.666. The van der Waals surface area contributed by atoms with Crippen molar-refractivity contribution in [3.8, 4) is 6.07 Å². The molecule has 2 aromatic rings. The maximum Gasteiger partial charge on any atom is 0.158 e. The Morgan fingerprint density at radius 3 is 2.75 bits per heavy atom. The SMILES string of the molecule is CN(C[C@@H]1C[C@H](F)CN1Cc1cncnc1)c1cnc(C#N)cn1. The molecule has 7 nitrogen and oxygen atoms in total. The van der Waals surface area contributed by atoms with E-state index in [-0.39, 0.29) is 11.7 Å². The van der Waals surface area contributed by atoms with E-state index in [1.165, 1.54) is 12.5 Å². The lowest BCUT2D eigenvalue weighted by Crippen LogP contribution is -2.38. The zero-order valence-corrected chi connectivity index (χ0v) is 13.4. The van der Waals surface area contributed by atoms with Gasteiger partial charge in [-0.25, -0.2) is 24.3 Å². The van der Waals surface area contributed by atoms with E-state index < -0.39 is 6.17 Å². The topological polar surface area (TPSA) is 81.8 Å². The van der Waals surface area contributed by atoms with Gasteiger partial charge in [-0.1, -0.05) is 0 Å². The van der Waals surface area contributed by atoms with Crippen LogP contribution in [0.25, 0.3) is 0 Å². The van der Waals surface area contributed by atoms with E-state index in [4.69, 9.17) is 5.26 Å². The fraction of sp³-hybridized carbons (Fsp3) is 0.438. The van der Waals surface area contributed by atoms with Crippen molar-refractivity contribution in [1.82, 2.24) is 24.8 Å². The molecular weight excluding hydrogens is 309 g/mol. The van der Waals surface area contributed by atoms with Gasteiger partial charge in [-0.15, -0.1) is 0 Å². The van der Waals surface area contributed by atoms with Crippen LogP contribution in [0.1, 0.15) is 17.7 Å². The average molecular weight is 327 g/mol. The van der Waals surface area contributed by atoms with E-state index in [1.54, 1.807) is 18.6 Å². The number of rotatable bonds is 5. The number of hydrogen-bond donors (Lipinski definition) is 0. The summed E-state index contributed by atoms with van der Waals surface area (Å²) < 4.78 is 13.9. The van der Waals surface area contributed by atoms with Gasteiger partial charge in [-0.05, 0) is 6.42 Å². The molecule has 0 amide bonds. The minimum absolute atomic E-state index is 0.0719. The van der Waals surface area contributed by atoms with Crippen molar-refractivity contribution in [3.63, 3.8) is 0 Å². The summed E-state index contributed by atoms with van der Waals surface area (Å²) in [5.41, 5.74) is 1.25. The third-order valence-electron chi connectivity index (χ3n) is 4.11. The number of aromatic nitrogens is 4. The van der Waals surface area contributed by atoms with Crippen LogP contribution < -0.4 is 4.90 Å². The first kappa shape index (κ1) is 16.2. The quantitative estimate of drug-likeness (QED) is 0.815. The molecule has 0 saturated carbocycles. The number of nitriles is 1. The van der Waals surface area contributed by atoms with E-state index in [9.17, 15) is 4.39 Å². The van der Waals surface area contributed by atoms with Crippen molar-refractivity contribution in [2.24, 2.45) is 0 Å². The zero-order chi connectivity index (χ0) is 16.9. The molecule has 0 radical (unpaired) electrons. The second kappa shape index (κ2) is 7.27. The summed E-state index contributed by atoms with van der Waals surface area (Å²) in [5, 5.41) is 8.78. The van der Waals surface area contributed by atoms with Gasteiger partial charge in [0.1, 0.15) is 24.4 Å². The molecule has 3 heterocycles. The largest absolute Gasteiger partial charge is 0.357 e. The van der Waals surface area contributed by atoms with Crippen molar-refractivity contribution in [1.29, 1.82) is 5.26 Å². The number of alkyl halides is 1. The molecule has 24 heavy (non-hydrogen) atoms. The molecule has 1 aliphatic heterocycles. The highest BCUT2D eigenvalue weighted by atomic mass is 19.1. The number of hydrogen-bond acceptors (Lipinski definition) is 7. The van der Waals surface area contributed by atoms with E-state index in [0.717, 1.165) is 5.56 Å². The Labute approximate surface area is 139 Å². The Hall–Kier alpha value is -2.66. The maximum atomic E-state index is 13.9. The van der Waals surface area contributed by atoms with Gasteiger partial charge in [-0.2, -0.15) is 5.26 Å². The molecule has 0 aliphatic carbocycles. The molecule has 2 aromatic heterocycles. The van der Waals surface area contributed by atoms with E-state index in [0.29, 0.717) is 31.9 Å². The van der Waals surface area contributed by atoms with Gasteiger partial charge >= 0.3 is 0 Å². The predicted octanol–water partition coefficient (Wildman–Crippen LogP) is 1.19. The zero-order valence-electron chi connectivity index (χ0n) is 13.4. The van der Waals surface area contributed by atoms with Crippen LogP contribution in [0.5, 0.6) is 0 Å². The monoisotopic (exact) mass is 327 g/mol. The fourth-order valence-electron chi connectivity index (χ4n) is 2.94. The predicted molar refractivity (Wildman–Crippen MR) is 85.8 cm³/mol. The number of anilines is 1. The Balaban J connectivity index is 1.66. The van der Waals surface area contributed by atoms with Crippen molar-refractivity contribution < 1.29 is 4.39 Å². The highest BCUT2D eigenvalue weighted by Gasteiger charge is 2.33. The van der Waals surface area contributed by atoms with Gasteiger partial charge in [0.2, 0.25) is 0 Å². The Kier molecular flexibility index (Phi) is 4.91. The van der Waals surface area contributed by atoms with Crippen LogP contribution in [0.2, 0.25) is 0 Å². The molecule has 1 fully saturated rings. The first-order valence-electron chi connectivity index (χ1n) is 7.71. The highest BCUT2D eigenvalue weighted by Crippen LogP contribution is 2.24. The van der Waals surface area contributed by atoms with Crippen LogP contribution in [0.4, 0.5) is 10.2 Å². The van der Waals surface area contributed by atoms with Crippen molar-refractivity contribution in [3.05, 3.63) is 42.4 Å². The van der Waals surface area contributed by atoms with Gasteiger partial charge in [0, 0.05) is 50.7 Å². The third kappa shape index (κ3) is 3.81. The van der Waals surface area contributed by atoms with Crippen LogP contribution in [0.3, 0.4) is 0 Å². The molecule has 0 aromatic carbocycles. The van der Waals surface area contributed by atoms with Crippen LogP contribution in [0, 0.1) is 11.3 Å². The average Bonchev–Trinajstić information content (AvgIpc) is 2.95. The third-order valence-corrected chi connectivity index (χ3v) is 4.11. The summed E-state index contributed by atoms with van der Waals surface area (Å²) in [6.45, 7) is 1.67. The standard InChI is InChI=1S/C16H18FN7/c1-23(16-7-21-14(3-18)6-22-16)10-15-2-13(17)9-24(15)8-12-4-19-11-20-5-12/h4-7,11,13,15H,2,8-10H2,1H3/t13-,15-/m0/s1. The lowest BCUT2D eigenvalue weighted by molar-refractivity contribution is 0.236. The van der Waals surface area contributed by atoms with Crippen LogP contribution in [0.15, 0.2) is 31.1 Å². The number of nitrogens with zero attached hydrogens (tertiary/aromatic N) is 7. The summed E-state index contributed by atoms with van der Waals surface area (Å²) in [4.78, 5) is 20.3. The molecule has 3 rings (SSSR count). The molecule has 0 N–H and O–H groups in total. The highest BCUT2D eigenvalue weighted by molar-refractivity contribution is 5.36. The molecule has 2 atom stereocenters. The molecule has 1 aliphatic rings. The minimum Gasteiger partial charge on any atom is -0.357 e. The molecule has 0 spiro atoms. The maximum absolute atomic E-state index is 13.9. The summed E-state index contributed by atoms with van der Waals surface area (Å²) in [6.07, 6.45) is 7.66. The molecule has 0 bridgehead atoms. The van der Waals surface area contributed by atoms with Crippen molar-refractivity contribution in [2.45, 2.75) is 25.2 Å². The van der Waals surface area contributed by atoms with Gasteiger partial charge in [0.25, 0.3) is 0 Å². The van der Waals surface area contributed by atoms with Crippen molar-refractivity contribution >= 4 is 5.82 Å². The van der Waals surface area contributed by atoms with Crippen molar-refractivity contribution in [2.75, 3.05) is 25.0 Å². The molecule has 8 heteroatoms. The molecule has 1 saturated heterocycles. The molecule has 0 unspecified atom stereocenters. The lowest BCUT2D eigenvalue weighted by Gasteiger charge is -2.28. The minimum atomic E-state index is -0.833. The first-order valence-corrected chi connectivity index (χ1v) is 7.71. The first-order chi connectivity index (χ1) is 11.7. The van der Waals surface area contributed by atoms with Crippen LogP contribution in [-0.2, 0) is 6.54 Å². The molecule has 124 valence electrons. The lowest BCUT2D eigenvalue weighted by atomic mass is 10.2. The summed E-state index contributed by atoms with van der Waals surface area (Å²) in [7, 11) is 1.89. The normalized spacial score (nSPS) is 20.7.